The van der Waals surface area contributed by atoms with Crippen LogP contribution in [0.1, 0.15) is 23.2 Å². The monoisotopic (exact) mass is 308 g/mol. The van der Waals surface area contributed by atoms with E-state index in [1.165, 1.54) is 15.9 Å². The lowest BCUT2D eigenvalue weighted by molar-refractivity contribution is 0.0695. The second-order valence-electron chi connectivity index (χ2n) is 5.27. The Balaban J connectivity index is 2.12. The van der Waals surface area contributed by atoms with Crippen molar-refractivity contribution in [2.24, 2.45) is 5.92 Å². The molecule has 1 saturated heterocycles. The summed E-state index contributed by atoms with van der Waals surface area (Å²) >= 11 is 1.23. The number of hydrogen-bond acceptors (Lipinski definition) is 5. The molecule has 1 aliphatic rings. The molecule has 0 saturated carbocycles. The van der Waals surface area contributed by atoms with Crippen LogP contribution in [0.2, 0.25) is 0 Å². The zero-order valence-corrected chi connectivity index (χ0v) is 12.2. The molecule has 0 amide bonds. The van der Waals surface area contributed by atoms with Gasteiger partial charge in [-0.1, -0.05) is 0 Å². The average Bonchev–Trinajstić information content (AvgIpc) is 2.93. The molecule has 3 heterocycles. The Hall–Kier alpha value is -1.86. The molecule has 1 fully saturated rings. The number of carboxylic acid groups (broad SMARTS) is 1. The number of aromatic carboxylic acids is 1. The number of piperidine rings is 1. The van der Waals surface area contributed by atoms with Gasteiger partial charge in [-0.05, 0) is 43.3 Å². The van der Waals surface area contributed by atoms with Gasteiger partial charge < -0.3 is 20.1 Å². The summed E-state index contributed by atoms with van der Waals surface area (Å²) in [7, 11) is 0. The molecule has 6 nitrogen and oxygen atoms in total. The summed E-state index contributed by atoms with van der Waals surface area (Å²) in [6.07, 6.45) is 1.94. The summed E-state index contributed by atoms with van der Waals surface area (Å²) in [5, 5.41) is 24.2. The molecule has 0 aliphatic carbocycles. The Morgan fingerprint density at radius 2 is 2.14 bits per heavy atom. The van der Waals surface area contributed by atoms with E-state index in [1.807, 2.05) is 0 Å². The average molecular weight is 308 g/mol. The first-order chi connectivity index (χ1) is 10.1. The smallest absolute Gasteiger partial charge is 0.341 e. The SMILES string of the molecule is O=C(O)c1c(O)c(=O)n(CC2CCNCC2)c2ccsc12. The van der Waals surface area contributed by atoms with E-state index >= 15 is 0 Å². The van der Waals surface area contributed by atoms with Gasteiger partial charge in [0, 0.05) is 6.54 Å². The van der Waals surface area contributed by atoms with Crippen LogP contribution in [0.3, 0.4) is 0 Å². The van der Waals surface area contributed by atoms with E-state index in [2.05, 4.69) is 5.32 Å². The van der Waals surface area contributed by atoms with Gasteiger partial charge >= 0.3 is 5.97 Å². The lowest BCUT2D eigenvalue weighted by atomic mass is 9.98. The normalized spacial score (nSPS) is 16.4. The summed E-state index contributed by atoms with van der Waals surface area (Å²) in [6.45, 7) is 2.36. The fourth-order valence-electron chi connectivity index (χ4n) is 2.86. The molecule has 2 aromatic heterocycles. The Kier molecular flexibility index (Phi) is 3.69. The number of hydrogen-bond donors (Lipinski definition) is 3. The lowest BCUT2D eigenvalue weighted by Crippen LogP contribution is -2.33. The fraction of sp³-hybridized carbons (Fsp3) is 0.429. The van der Waals surface area contributed by atoms with Crippen LogP contribution in [0.15, 0.2) is 16.2 Å². The number of aromatic nitrogens is 1. The van der Waals surface area contributed by atoms with Crippen molar-refractivity contribution in [2.45, 2.75) is 19.4 Å². The molecule has 0 unspecified atom stereocenters. The Morgan fingerprint density at radius 1 is 1.43 bits per heavy atom. The summed E-state index contributed by atoms with van der Waals surface area (Å²) in [5.41, 5.74) is -0.304. The molecule has 21 heavy (non-hydrogen) atoms. The number of rotatable bonds is 3. The van der Waals surface area contributed by atoms with Crippen molar-refractivity contribution in [1.29, 1.82) is 0 Å². The third-order valence-corrected chi connectivity index (χ3v) is 4.88. The molecular weight excluding hydrogens is 292 g/mol. The third kappa shape index (κ3) is 2.43. The van der Waals surface area contributed by atoms with Gasteiger partial charge in [-0.2, -0.15) is 0 Å². The molecule has 2 aromatic rings. The van der Waals surface area contributed by atoms with Crippen molar-refractivity contribution in [3.63, 3.8) is 0 Å². The third-order valence-electron chi connectivity index (χ3n) is 3.96. The Morgan fingerprint density at radius 3 is 2.81 bits per heavy atom. The second kappa shape index (κ2) is 5.50. The van der Waals surface area contributed by atoms with Gasteiger partial charge in [0.05, 0.1) is 10.2 Å². The highest BCUT2D eigenvalue weighted by Gasteiger charge is 2.24. The molecular formula is C14H16N2O4S. The highest BCUT2D eigenvalue weighted by Crippen LogP contribution is 2.29. The van der Waals surface area contributed by atoms with Gasteiger partial charge in [0.1, 0.15) is 5.56 Å². The predicted molar refractivity (Wildman–Crippen MR) is 80.3 cm³/mol. The molecule has 1 aliphatic heterocycles. The van der Waals surface area contributed by atoms with Crippen molar-refractivity contribution >= 4 is 27.5 Å². The number of nitrogens with zero attached hydrogens (tertiary/aromatic N) is 1. The van der Waals surface area contributed by atoms with Gasteiger partial charge in [0.2, 0.25) is 0 Å². The van der Waals surface area contributed by atoms with Gasteiger partial charge in [-0.25, -0.2) is 4.79 Å². The van der Waals surface area contributed by atoms with Crippen molar-refractivity contribution in [2.75, 3.05) is 13.1 Å². The van der Waals surface area contributed by atoms with Crippen molar-refractivity contribution in [3.05, 3.63) is 27.4 Å². The van der Waals surface area contributed by atoms with Crippen LogP contribution in [0.4, 0.5) is 0 Å². The van der Waals surface area contributed by atoms with Crippen LogP contribution < -0.4 is 10.9 Å². The number of pyridine rings is 1. The minimum Gasteiger partial charge on any atom is -0.502 e. The summed E-state index contributed by atoms with van der Waals surface area (Å²) in [6, 6.07) is 1.74. The first-order valence-corrected chi connectivity index (χ1v) is 7.74. The Bertz CT molecular complexity index is 743. The number of nitrogens with one attached hydrogen (secondary N) is 1. The number of carboxylic acids is 1. The number of fused-ring (bicyclic) bond motifs is 1. The van der Waals surface area contributed by atoms with Crippen LogP contribution in [0, 0.1) is 5.92 Å². The van der Waals surface area contributed by atoms with Crippen LogP contribution in [-0.2, 0) is 6.54 Å². The quantitative estimate of drug-likeness (QED) is 0.798. The molecule has 3 rings (SSSR count). The van der Waals surface area contributed by atoms with E-state index in [-0.39, 0.29) is 5.56 Å². The minimum absolute atomic E-state index is 0.286. The molecule has 7 heteroatoms. The largest absolute Gasteiger partial charge is 0.502 e. The van der Waals surface area contributed by atoms with Gasteiger partial charge in [-0.15, -0.1) is 11.3 Å². The van der Waals surface area contributed by atoms with Gasteiger partial charge in [-0.3, -0.25) is 4.79 Å². The van der Waals surface area contributed by atoms with E-state index in [0.29, 0.717) is 22.7 Å². The van der Waals surface area contributed by atoms with Crippen LogP contribution in [-0.4, -0.2) is 33.8 Å². The predicted octanol–water partition coefficient (Wildman–Crippen LogP) is 1.47. The first kappa shape index (κ1) is 14.1. The summed E-state index contributed by atoms with van der Waals surface area (Å²) in [5.74, 6) is -1.57. The van der Waals surface area contributed by atoms with E-state index in [9.17, 15) is 19.8 Å². The maximum atomic E-state index is 12.3. The molecule has 112 valence electrons. The number of aromatic hydroxyl groups is 1. The number of thiophene rings is 1. The highest BCUT2D eigenvalue weighted by atomic mass is 32.1. The van der Waals surface area contributed by atoms with Crippen LogP contribution in [0.25, 0.3) is 10.2 Å². The van der Waals surface area contributed by atoms with Crippen LogP contribution >= 0.6 is 11.3 Å². The van der Waals surface area contributed by atoms with Crippen molar-refractivity contribution in [1.82, 2.24) is 9.88 Å². The molecule has 0 aromatic carbocycles. The van der Waals surface area contributed by atoms with Crippen molar-refractivity contribution in [3.8, 4) is 5.75 Å². The van der Waals surface area contributed by atoms with E-state index in [1.54, 1.807) is 11.4 Å². The van der Waals surface area contributed by atoms with Gasteiger partial charge in [0.25, 0.3) is 5.56 Å². The molecule has 3 N–H and O–H groups in total. The zero-order valence-electron chi connectivity index (χ0n) is 11.3. The minimum atomic E-state index is -1.27. The lowest BCUT2D eigenvalue weighted by Gasteiger charge is -2.24. The fourth-order valence-corrected chi connectivity index (χ4v) is 3.79. The van der Waals surface area contributed by atoms with E-state index in [4.69, 9.17) is 0 Å². The number of carbonyl (C=O) groups is 1. The molecule has 0 bridgehead atoms. The summed E-state index contributed by atoms with van der Waals surface area (Å²) in [4.78, 5) is 23.6. The Labute approximate surface area is 124 Å². The first-order valence-electron chi connectivity index (χ1n) is 6.86. The molecule has 0 spiro atoms. The topological polar surface area (TPSA) is 91.6 Å². The maximum Gasteiger partial charge on any atom is 0.341 e. The maximum absolute atomic E-state index is 12.3. The molecule has 0 atom stereocenters. The zero-order chi connectivity index (χ0) is 15.0. The van der Waals surface area contributed by atoms with Crippen LogP contribution in [0.5, 0.6) is 5.75 Å². The van der Waals surface area contributed by atoms with Gasteiger partial charge in [0.15, 0.2) is 5.75 Å². The molecule has 0 radical (unpaired) electrons. The van der Waals surface area contributed by atoms with Crippen molar-refractivity contribution < 1.29 is 15.0 Å². The summed E-state index contributed by atoms with van der Waals surface area (Å²) < 4.78 is 1.97. The standard InChI is InChI=1S/C14H16N2O4S/c17-11-10(14(19)20)12-9(3-6-21-12)16(13(11)18)7-8-1-4-15-5-2-8/h3,6,8,15,17H,1-2,4-5,7H2,(H,19,20). The van der Waals surface area contributed by atoms with E-state index < -0.39 is 17.3 Å². The second-order valence-corrected chi connectivity index (χ2v) is 6.19. The highest BCUT2D eigenvalue weighted by molar-refractivity contribution is 7.17. The van der Waals surface area contributed by atoms with E-state index in [0.717, 1.165) is 25.9 Å².